The highest BCUT2D eigenvalue weighted by molar-refractivity contribution is 5.98. The Labute approximate surface area is 183 Å². The van der Waals surface area contributed by atoms with Crippen molar-refractivity contribution >= 4 is 17.3 Å². The third-order valence-electron chi connectivity index (χ3n) is 5.28. The van der Waals surface area contributed by atoms with Crippen LogP contribution in [0.25, 0.3) is 5.57 Å². The molecular weight excluding hydrogens is 400 g/mol. The van der Waals surface area contributed by atoms with Crippen LogP contribution in [0.1, 0.15) is 51.7 Å². The maximum absolute atomic E-state index is 14.9. The maximum atomic E-state index is 14.9. The monoisotopic (exact) mass is 431 g/mol. The average molecular weight is 432 g/mol. The highest BCUT2D eigenvalue weighted by Crippen LogP contribution is 2.35. The number of allylic oxidation sites excluding steroid dienone is 5. The van der Waals surface area contributed by atoms with Gasteiger partial charge in [0.1, 0.15) is 23.2 Å². The van der Waals surface area contributed by atoms with Crippen LogP contribution >= 0.6 is 0 Å². The summed E-state index contributed by atoms with van der Waals surface area (Å²) in [6.07, 6.45) is 9.03. The number of hydrogen-bond donors (Lipinski definition) is 1. The summed E-state index contributed by atoms with van der Waals surface area (Å²) >= 11 is 0. The number of likely N-dealkylation sites (N-methyl/N-ethyl adjacent to an activating group) is 1. The molecule has 1 aliphatic heterocycles. The summed E-state index contributed by atoms with van der Waals surface area (Å²) in [7, 11) is 1.53. The van der Waals surface area contributed by atoms with Crippen molar-refractivity contribution in [1.82, 2.24) is 4.90 Å². The summed E-state index contributed by atoms with van der Waals surface area (Å²) in [6, 6.07) is 2.13. The third kappa shape index (κ3) is 5.21. The Morgan fingerprint density at radius 3 is 2.61 bits per heavy atom. The van der Waals surface area contributed by atoms with Crippen LogP contribution in [-0.4, -0.2) is 36.8 Å². The third-order valence-corrected chi connectivity index (χ3v) is 5.28. The lowest BCUT2D eigenvalue weighted by Gasteiger charge is -2.36. The molecule has 0 radical (unpaired) electrons. The molecule has 2 N–H and O–H groups in total. The van der Waals surface area contributed by atoms with Crippen LogP contribution in [0.4, 0.5) is 8.78 Å². The number of carbonyl (C=O) groups is 1. The molecule has 0 saturated carbocycles. The van der Waals surface area contributed by atoms with Crippen LogP contribution in [0.2, 0.25) is 0 Å². The zero-order chi connectivity index (χ0) is 23.2. The second-order valence-electron chi connectivity index (χ2n) is 7.49. The number of nitrogens with zero attached hydrogens (tertiary/aromatic N) is 2. The van der Waals surface area contributed by atoms with Gasteiger partial charge in [-0.2, -0.15) is 0 Å². The van der Waals surface area contributed by atoms with Crippen molar-refractivity contribution in [2.24, 2.45) is 10.7 Å². The van der Waals surface area contributed by atoms with E-state index in [2.05, 4.69) is 11.9 Å². The highest BCUT2D eigenvalue weighted by atomic mass is 19.1. The van der Waals surface area contributed by atoms with Crippen molar-refractivity contribution in [3.8, 4) is 0 Å². The number of rotatable bonds is 8. The van der Waals surface area contributed by atoms with Gasteiger partial charge in [0.15, 0.2) is 5.54 Å². The Morgan fingerprint density at radius 1 is 1.32 bits per heavy atom. The van der Waals surface area contributed by atoms with Crippen LogP contribution < -0.4 is 5.73 Å². The SMILES string of the molecule is C\C=C(/C=C(\C=C\CCC)OC)c1cc(C2(C)N=C(N)CN(CC)C2=O)c(F)cc1F. The number of amidine groups is 1. The number of halogens is 2. The number of ether oxygens (including phenoxy) is 1. The summed E-state index contributed by atoms with van der Waals surface area (Å²) in [6.45, 7) is 7.72. The maximum Gasteiger partial charge on any atom is 0.255 e. The molecule has 0 spiro atoms. The first-order chi connectivity index (χ1) is 14.7. The normalized spacial score (nSPS) is 20.4. The number of methoxy groups -OCH3 is 1. The molecule has 0 saturated heterocycles. The second-order valence-corrected chi connectivity index (χ2v) is 7.49. The van der Waals surface area contributed by atoms with E-state index >= 15 is 0 Å². The zero-order valence-corrected chi connectivity index (χ0v) is 18.8. The molecule has 168 valence electrons. The van der Waals surface area contributed by atoms with Crippen molar-refractivity contribution in [1.29, 1.82) is 0 Å². The second kappa shape index (κ2) is 10.4. The average Bonchev–Trinajstić information content (AvgIpc) is 2.73. The van der Waals surface area contributed by atoms with E-state index in [4.69, 9.17) is 10.5 Å². The Morgan fingerprint density at radius 2 is 2.03 bits per heavy atom. The number of benzene rings is 1. The standard InChI is InChI=1S/C24H31F2N3O2/c1-6-9-10-11-17(31-5)12-16(7-2)18-13-19(21(26)14-20(18)25)24(4)23(30)29(8-3)15-22(27)28-24/h7,10-14H,6,8-9,15H2,1-5H3,(H2,27,28)/b11-10+,16-7+,17-12+. The Hall–Kier alpha value is -2.96. The smallest absolute Gasteiger partial charge is 0.255 e. The lowest BCUT2D eigenvalue weighted by atomic mass is 9.86. The molecule has 1 unspecified atom stereocenters. The summed E-state index contributed by atoms with van der Waals surface area (Å²) in [4.78, 5) is 18.8. The van der Waals surface area contributed by atoms with Gasteiger partial charge in [-0.15, -0.1) is 0 Å². The number of hydrogen-bond acceptors (Lipinski definition) is 4. The van der Waals surface area contributed by atoms with Crippen LogP contribution in [-0.2, 0) is 15.1 Å². The van der Waals surface area contributed by atoms with Crippen LogP contribution in [0.3, 0.4) is 0 Å². The molecule has 5 nitrogen and oxygen atoms in total. The van der Waals surface area contributed by atoms with E-state index in [-0.39, 0.29) is 29.4 Å². The Balaban J connectivity index is 2.61. The molecule has 2 rings (SSSR count). The van der Waals surface area contributed by atoms with Crippen molar-refractivity contribution in [3.05, 3.63) is 65.0 Å². The lowest BCUT2D eigenvalue weighted by molar-refractivity contribution is -0.136. The van der Waals surface area contributed by atoms with E-state index < -0.39 is 17.2 Å². The molecular formula is C24H31F2N3O2. The number of carbonyl (C=O) groups excluding carboxylic acids is 1. The largest absolute Gasteiger partial charge is 0.497 e. The predicted molar refractivity (Wildman–Crippen MR) is 120 cm³/mol. The molecule has 1 aliphatic rings. The van der Waals surface area contributed by atoms with E-state index in [1.54, 1.807) is 19.1 Å². The van der Waals surface area contributed by atoms with Gasteiger partial charge in [0, 0.05) is 23.7 Å². The van der Waals surface area contributed by atoms with Gasteiger partial charge in [0.2, 0.25) is 0 Å². The zero-order valence-electron chi connectivity index (χ0n) is 18.8. The van der Waals surface area contributed by atoms with E-state index in [9.17, 15) is 13.6 Å². The summed E-state index contributed by atoms with van der Waals surface area (Å²) in [5, 5.41) is 0. The molecule has 0 bridgehead atoms. The number of nitrogens with two attached hydrogens (primary N) is 1. The quantitative estimate of drug-likeness (QED) is 0.480. The fourth-order valence-electron chi connectivity index (χ4n) is 3.53. The van der Waals surface area contributed by atoms with Gasteiger partial charge < -0.3 is 15.4 Å². The fourth-order valence-corrected chi connectivity index (χ4v) is 3.53. The first-order valence-corrected chi connectivity index (χ1v) is 10.4. The van der Waals surface area contributed by atoms with Gasteiger partial charge in [-0.05, 0) is 51.0 Å². The molecule has 7 heteroatoms. The summed E-state index contributed by atoms with van der Waals surface area (Å²) in [5.74, 6) is -1.21. The molecule has 1 amide bonds. The van der Waals surface area contributed by atoms with Crippen molar-refractivity contribution in [3.63, 3.8) is 0 Å². The van der Waals surface area contributed by atoms with Crippen molar-refractivity contribution < 1.29 is 18.3 Å². The molecule has 1 aromatic carbocycles. The van der Waals surface area contributed by atoms with E-state index in [1.807, 2.05) is 19.1 Å². The number of aliphatic imine (C=N–C) groups is 1. The van der Waals surface area contributed by atoms with Crippen molar-refractivity contribution in [2.45, 2.75) is 46.1 Å². The topological polar surface area (TPSA) is 67.9 Å². The number of unbranched alkanes of at least 4 members (excludes halogenated alkanes) is 1. The van der Waals surface area contributed by atoms with Crippen molar-refractivity contribution in [2.75, 3.05) is 20.2 Å². The van der Waals surface area contributed by atoms with E-state index in [0.29, 0.717) is 17.9 Å². The predicted octanol–water partition coefficient (Wildman–Crippen LogP) is 4.69. The minimum atomic E-state index is -1.57. The van der Waals surface area contributed by atoms with Crippen LogP contribution in [0.15, 0.2) is 47.2 Å². The van der Waals surface area contributed by atoms with E-state index in [0.717, 1.165) is 18.9 Å². The molecule has 0 aromatic heterocycles. The van der Waals surface area contributed by atoms with Gasteiger partial charge in [-0.3, -0.25) is 4.79 Å². The molecule has 31 heavy (non-hydrogen) atoms. The fraction of sp³-hybridized carbons (Fsp3) is 0.417. The van der Waals surface area contributed by atoms with Gasteiger partial charge >= 0.3 is 0 Å². The highest BCUT2D eigenvalue weighted by Gasteiger charge is 2.43. The molecule has 0 fully saturated rings. The van der Waals surface area contributed by atoms with Gasteiger partial charge in [-0.25, -0.2) is 13.8 Å². The van der Waals surface area contributed by atoms with E-state index in [1.165, 1.54) is 25.0 Å². The molecule has 0 aliphatic carbocycles. The Kier molecular flexibility index (Phi) is 8.14. The lowest BCUT2D eigenvalue weighted by Crippen LogP contribution is -2.53. The summed E-state index contributed by atoms with van der Waals surface area (Å²) < 4.78 is 35.1. The van der Waals surface area contributed by atoms with Gasteiger partial charge in [0.05, 0.1) is 13.7 Å². The van der Waals surface area contributed by atoms with Gasteiger partial charge in [-0.1, -0.05) is 25.5 Å². The minimum absolute atomic E-state index is 0.0248. The number of amides is 1. The molecule has 1 heterocycles. The first kappa shape index (κ1) is 24.3. The van der Waals surface area contributed by atoms with Crippen LogP contribution in [0, 0.1) is 11.6 Å². The van der Waals surface area contributed by atoms with Gasteiger partial charge in [0.25, 0.3) is 5.91 Å². The molecule has 1 aromatic rings. The Bertz CT molecular complexity index is 950. The van der Waals surface area contributed by atoms with Crippen LogP contribution in [0.5, 0.6) is 0 Å². The first-order valence-electron chi connectivity index (χ1n) is 10.4. The molecule has 1 atom stereocenters. The minimum Gasteiger partial charge on any atom is -0.497 e. The summed E-state index contributed by atoms with van der Waals surface area (Å²) in [5.41, 5.74) is 4.98.